The molecule has 1 heterocycles. The number of esters is 1. The first kappa shape index (κ1) is 23.5. The highest BCUT2D eigenvalue weighted by Crippen LogP contribution is 2.39. The van der Waals surface area contributed by atoms with Gasteiger partial charge in [-0.3, -0.25) is 9.59 Å². The number of carbonyl (C=O) groups is 3. The van der Waals surface area contributed by atoms with Gasteiger partial charge in [0.2, 0.25) is 0 Å². The number of amides is 1. The summed E-state index contributed by atoms with van der Waals surface area (Å²) in [5, 5.41) is 15.8. The van der Waals surface area contributed by atoms with Crippen LogP contribution in [0.25, 0.3) is 10.8 Å². The lowest BCUT2D eigenvalue weighted by Crippen LogP contribution is -2.42. The molecule has 4 aromatic carbocycles. The fourth-order valence-corrected chi connectivity index (χ4v) is 4.66. The lowest BCUT2D eigenvalue weighted by Gasteiger charge is -2.26. The van der Waals surface area contributed by atoms with Crippen molar-refractivity contribution < 1.29 is 24.2 Å². The second kappa shape index (κ2) is 9.40. The summed E-state index contributed by atoms with van der Waals surface area (Å²) in [6.45, 7) is 3.74. The summed E-state index contributed by atoms with van der Waals surface area (Å²) in [6, 6.07) is 25.1. The molecule has 1 aliphatic heterocycles. The Kier molecular flexibility index (Phi) is 6.12. The van der Waals surface area contributed by atoms with Crippen molar-refractivity contribution in [2.45, 2.75) is 26.1 Å². The molecule has 0 spiro atoms. The summed E-state index contributed by atoms with van der Waals surface area (Å²) in [5.74, 6) is -3.17. The minimum absolute atomic E-state index is 0.317. The van der Waals surface area contributed by atoms with Gasteiger partial charge >= 0.3 is 5.97 Å². The number of rotatable bonds is 6. The van der Waals surface area contributed by atoms with Crippen molar-refractivity contribution in [2.75, 3.05) is 5.32 Å². The Morgan fingerprint density at radius 2 is 1.61 bits per heavy atom. The van der Waals surface area contributed by atoms with E-state index in [0.29, 0.717) is 22.4 Å². The molecule has 5 rings (SSSR count). The highest BCUT2D eigenvalue weighted by molar-refractivity contribution is 6.07. The van der Waals surface area contributed by atoms with Gasteiger partial charge in [-0.1, -0.05) is 66.7 Å². The molecule has 4 aromatic rings. The van der Waals surface area contributed by atoms with Crippen LogP contribution in [0.3, 0.4) is 0 Å². The largest absolute Gasteiger partial charge is 0.453 e. The summed E-state index contributed by atoms with van der Waals surface area (Å²) in [4.78, 5) is 39.7. The number of hydrogen-bond donors (Lipinski definition) is 2. The molecule has 0 saturated heterocycles. The van der Waals surface area contributed by atoms with E-state index in [1.54, 1.807) is 42.5 Å². The number of Topliss-reactive ketones (excluding diaryl/α,β-unsaturated/α-hetero) is 1. The molecule has 0 fully saturated rings. The second-order valence-electron chi connectivity index (χ2n) is 9.12. The molecule has 6 heteroatoms. The zero-order chi connectivity index (χ0) is 25.4. The van der Waals surface area contributed by atoms with Crippen molar-refractivity contribution in [3.05, 3.63) is 113 Å². The number of aliphatic hydroxyl groups is 1. The van der Waals surface area contributed by atoms with Gasteiger partial charge in [0, 0.05) is 16.8 Å². The minimum Gasteiger partial charge on any atom is -0.453 e. The van der Waals surface area contributed by atoms with Crippen LogP contribution in [0.2, 0.25) is 0 Å². The predicted octanol–water partition coefficient (Wildman–Crippen LogP) is 5.17. The second-order valence-corrected chi connectivity index (χ2v) is 9.12. The molecule has 0 aliphatic carbocycles. The molecule has 6 nitrogen and oxygen atoms in total. The van der Waals surface area contributed by atoms with Crippen molar-refractivity contribution in [1.29, 1.82) is 0 Å². The number of ketones is 1. The molecule has 1 amide bonds. The molecular formula is C30H25NO5. The van der Waals surface area contributed by atoms with E-state index in [1.807, 2.05) is 56.3 Å². The van der Waals surface area contributed by atoms with Gasteiger partial charge in [0.25, 0.3) is 5.91 Å². The molecule has 0 saturated carbocycles. The highest BCUT2D eigenvalue weighted by atomic mass is 16.6. The Bertz CT molecular complexity index is 1510. The Labute approximate surface area is 208 Å². The first-order valence-electron chi connectivity index (χ1n) is 11.7. The van der Waals surface area contributed by atoms with Crippen LogP contribution in [0.1, 0.15) is 43.5 Å². The number of ether oxygens (including phenoxy) is 1. The van der Waals surface area contributed by atoms with E-state index < -0.39 is 35.8 Å². The van der Waals surface area contributed by atoms with Gasteiger partial charge in [0.05, 0.1) is 11.5 Å². The number of fused-ring (bicyclic) bond motifs is 2. The maximum atomic E-state index is 13.9. The number of cyclic esters (lactones) is 1. The fourth-order valence-electron chi connectivity index (χ4n) is 4.66. The number of benzene rings is 4. The van der Waals surface area contributed by atoms with E-state index in [4.69, 9.17) is 4.74 Å². The van der Waals surface area contributed by atoms with Gasteiger partial charge < -0.3 is 15.2 Å². The third-order valence-corrected chi connectivity index (χ3v) is 6.64. The van der Waals surface area contributed by atoms with Gasteiger partial charge in [-0.2, -0.15) is 0 Å². The molecule has 2 unspecified atom stereocenters. The van der Waals surface area contributed by atoms with Crippen molar-refractivity contribution >= 4 is 34.1 Å². The molecular weight excluding hydrogens is 454 g/mol. The third kappa shape index (κ3) is 4.27. The van der Waals surface area contributed by atoms with Gasteiger partial charge in [-0.15, -0.1) is 0 Å². The van der Waals surface area contributed by atoms with Gasteiger partial charge in [0.1, 0.15) is 12.2 Å². The van der Waals surface area contributed by atoms with Crippen molar-refractivity contribution in [3.8, 4) is 0 Å². The topological polar surface area (TPSA) is 92.7 Å². The number of carbonyl (C=O) groups excluding carboxylic acids is 3. The first-order valence-corrected chi connectivity index (χ1v) is 11.7. The third-order valence-electron chi connectivity index (χ3n) is 6.64. The Morgan fingerprint density at radius 3 is 2.42 bits per heavy atom. The van der Waals surface area contributed by atoms with E-state index >= 15 is 0 Å². The number of anilines is 1. The summed E-state index contributed by atoms with van der Waals surface area (Å²) in [5.41, 5.74) is 3.41. The standard InChI is InChI=1S/C30H25NO5/c1-17-11-12-18(2)24(15-17)31-29(34)27(33)25(28-22-9-5-6-10-23(22)30(35)36-28)26(32)21-14-13-19-7-3-4-8-20(19)16-21/h3-16,25,27-28,33H,1-2H3,(H,31,34)/t25?,27?,28-/m0/s1. The van der Waals surface area contributed by atoms with Crippen LogP contribution in [0.4, 0.5) is 5.69 Å². The van der Waals surface area contributed by atoms with Crippen LogP contribution in [0.15, 0.2) is 84.9 Å². The average molecular weight is 480 g/mol. The van der Waals surface area contributed by atoms with Crippen LogP contribution in [0, 0.1) is 19.8 Å². The lowest BCUT2D eigenvalue weighted by atomic mass is 9.83. The molecule has 0 aromatic heterocycles. The molecule has 1 aliphatic rings. The zero-order valence-corrected chi connectivity index (χ0v) is 19.9. The van der Waals surface area contributed by atoms with Crippen molar-refractivity contribution in [3.63, 3.8) is 0 Å². The van der Waals surface area contributed by atoms with Crippen LogP contribution < -0.4 is 5.32 Å². The number of hydrogen-bond acceptors (Lipinski definition) is 5. The molecule has 0 bridgehead atoms. The Balaban J connectivity index is 1.54. The van der Waals surface area contributed by atoms with Crippen LogP contribution in [-0.2, 0) is 9.53 Å². The normalized spacial score (nSPS) is 16.2. The van der Waals surface area contributed by atoms with Crippen molar-refractivity contribution in [1.82, 2.24) is 0 Å². The smallest absolute Gasteiger partial charge is 0.339 e. The molecule has 36 heavy (non-hydrogen) atoms. The summed E-state index contributed by atoms with van der Waals surface area (Å²) in [6.07, 6.45) is -2.88. The number of nitrogens with one attached hydrogen (secondary N) is 1. The first-order chi connectivity index (χ1) is 17.3. The highest BCUT2D eigenvalue weighted by Gasteiger charge is 2.46. The van der Waals surface area contributed by atoms with Crippen LogP contribution in [-0.4, -0.2) is 28.9 Å². The van der Waals surface area contributed by atoms with Gasteiger partial charge in [0.15, 0.2) is 5.78 Å². The van der Waals surface area contributed by atoms with Crippen molar-refractivity contribution in [2.24, 2.45) is 5.92 Å². The summed E-state index contributed by atoms with van der Waals surface area (Å²) in [7, 11) is 0. The minimum atomic E-state index is -1.77. The quantitative estimate of drug-likeness (QED) is 0.294. The van der Waals surface area contributed by atoms with Gasteiger partial charge in [-0.25, -0.2) is 4.79 Å². The molecule has 0 radical (unpaired) electrons. The van der Waals surface area contributed by atoms with E-state index in [9.17, 15) is 19.5 Å². The lowest BCUT2D eigenvalue weighted by molar-refractivity contribution is -0.128. The zero-order valence-electron chi connectivity index (χ0n) is 19.9. The molecule has 2 N–H and O–H groups in total. The monoisotopic (exact) mass is 479 g/mol. The maximum absolute atomic E-state index is 13.9. The van der Waals surface area contributed by atoms with E-state index in [2.05, 4.69) is 5.32 Å². The fraction of sp³-hybridized carbons (Fsp3) is 0.167. The van der Waals surface area contributed by atoms with Crippen LogP contribution >= 0.6 is 0 Å². The Hall–Kier alpha value is -4.29. The number of aliphatic hydroxyl groups excluding tert-OH is 1. The Morgan fingerprint density at radius 1 is 0.889 bits per heavy atom. The van der Waals surface area contributed by atoms with E-state index in [1.165, 1.54) is 0 Å². The summed E-state index contributed by atoms with van der Waals surface area (Å²) >= 11 is 0. The molecule has 180 valence electrons. The predicted molar refractivity (Wildman–Crippen MR) is 137 cm³/mol. The average Bonchev–Trinajstić information content (AvgIpc) is 3.22. The number of aryl methyl sites for hydroxylation is 2. The van der Waals surface area contributed by atoms with Gasteiger partial charge in [-0.05, 0) is 53.9 Å². The maximum Gasteiger partial charge on any atom is 0.339 e. The summed E-state index contributed by atoms with van der Waals surface area (Å²) < 4.78 is 5.59. The SMILES string of the molecule is Cc1ccc(C)c(NC(=O)C(O)C(C(=O)c2ccc3ccccc3c2)[C@H]2OC(=O)c3ccccc32)c1. The van der Waals surface area contributed by atoms with E-state index in [0.717, 1.165) is 21.9 Å². The molecule has 3 atom stereocenters. The van der Waals surface area contributed by atoms with Crippen LogP contribution in [0.5, 0.6) is 0 Å². The van der Waals surface area contributed by atoms with E-state index in [-0.39, 0.29) is 0 Å².